The van der Waals surface area contributed by atoms with Crippen molar-refractivity contribution in [1.82, 2.24) is 9.97 Å². The van der Waals surface area contributed by atoms with Gasteiger partial charge in [-0.3, -0.25) is 9.78 Å². The highest BCUT2D eigenvalue weighted by Gasteiger charge is 2.12. The second-order valence-corrected chi connectivity index (χ2v) is 5.96. The minimum atomic E-state index is -0.199. The van der Waals surface area contributed by atoms with Gasteiger partial charge in [0.05, 0.1) is 17.4 Å². The normalized spacial score (nSPS) is 15.7. The maximum Gasteiger partial charge on any atom is 0.258 e. The monoisotopic (exact) mass is 310 g/mol. The molecular formula is C18H22N4O. The van der Waals surface area contributed by atoms with Crippen molar-refractivity contribution < 1.29 is 4.79 Å². The first-order chi connectivity index (χ1) is 11.3. The van der Waals surface area contributed by atoms with Crippen molar-refractivity contribution >= 4 is 17.4 Å². The van der Waals surface area contributed by atoms with Crippen LogP contribution in [0.5, 0.6) is 0 Å². The van der Waals surface area contributed by atoms with Gasteiger partial charge in [0.15, 0.2) is 0 Å². The van der Waals surface area contributed by atoms with Crippen LogP contribution in [0.4, 0.5) is 11.5 Å². The first kappa shape index (κ1) is 15.5. The van der Waals surface area contributed by atoms with E-state index >= 15 is 0 Å². The molecule has 1 amide bonds. The van der Waals surface area contributed by atoms with E-state index in [0.717, 1.165) is 5.69 Å². The van der Waals surface area contributed by atoms with Gasteiger partial charge in [0, 0.05) is 18.4 Å². The summed E-state index contributed by atoms with van der Waals surface area (Å²) in [6.07, 6.45) is 12.7. The van der Waals surface area contributed by atoms with Crippen molar-refractivity contribution in [2.24, 2.45) is 0 Å². The minimum Gasteiger partial charge on any atom is -0.381 e. The molecule has 0 radical (unpaired) electrons. The van der Waals surface area contributed by atoms with E-state index in [2.05, 4.69) is 20.6 Å². The Morgan fingerprint density at radius 1 is 1.04 bits per heavy atom. The van der Waals surface area contributed by atoms with Crippen LogP contribution < -0.4 is 10.6 Å². The van der Waals surface area contributed by atoms with Crippen LogP contribution in [-0.2, 0) is 0 Å². The molecule has 0 unspecified atom stereocenters. The molecule has 23 heavy (non-hydrogen) atoms. The molecule has 1 saturated carbocycles. The fraction of sp³-hybridized carbons (Fsp3) is 0.389. The van der Waals surface area contributed by atoms with Gasteiger partial charge < -0.3 is 10.6 Å². The molecular weight excluding hydrogens is 288 g/mol. The maximum absolute atomic E-state index is 12.0. The van der Waals surface area contributed by atoms with Crippen LogP contribution in [-0.4, -0.2) is 21.9 Å². The Hall–Kier alpha value is -2.43. The predicted octanol–water partition coefficient (Wildman–Crippen LogP) is 3.86. The van der Waals surface area contributed by atoms with Gasteiger partial charge in [-0.05, 0) is 37.1 Å². The van der Waals surface area contributed by atoms with E-state index in [1.807, 2.05) is 12.1 Å². The van der Waals surface area contributed by atoms with Gasteiger partial charge in [-0.2, -0.15) is 0 Å². The highest BCUT2D eigenvalue weighted by molar-refractivity contribution is 6.03. The zero-order chi connectivity index (χ0) is 15.9. The molecule has 0 aromatic carbocycles. The molecule has 0 atom stereocenters. The van der Waals surface area contributed by atoms with Crippen LogP contribution in [0.15, 0.2) is 42.9 Å². The van der Waals surface area contributed by atoms with Crippen molar-refractivity contribution in [3.8, 4) is 0 Å². The number of anilines is 2. The largest absolute Gasteiger partial charge is 0.381 e. The average molecular weight is 310 g/mol. The van der Waals surface area contributed by atoms with E-state index in [-0.39, 0.29) is 5.91 Å². The number of rotatable bonds is 4. The maximum atomic E-state index is 12.0. The van der Waals surface area contributed by atoms with Crippen molar-refractivity contribution in [3.05, 3.63) is 48.4 Å². The summed E-state index contributed by atoms with van der Waals surface area (Å²) in [6.45, 7) is 0. The number of pyridine rings is 2. The van der Waals surface area contributed by atoms with E-state index < -0.39 is 0 Å². The Balaban J connectivity index is 1.57. The van der Waals surface area contributed by atoms with E-state index in [1.54, 1.807) is 24.5 Å². The van der Waals surface area contributed by atoms with Gasteiger partial charge in [0.2, 0.25) is 0 Å². The molecule has 0 spiro atoms. The quantitative estimate of drug-likeness (QED) is 0.841. The standard InChI is InChI=1S/C18H22N4O/c23-18(14-6-5-11-19-12-14)22-17-10-9-16(13-20-17)21-15-7-3-1-2-4-8-15/h5-6,9-13,15,21H,1-4,7-8H2,(H,20,22,23). The van der Waals surface area contributed by atoms with E-state index in [9.17, 15) is 4.79 Å². The number of carbonyl (C=O) groups is 1. The molecule has 120 valence electrons. The molecule has 0 saturated heterocycles. The lowest BCUT2D eigenvalue weighted by molar-refractivity contribution is 0.102. The Morgan fingerprint density at radius 2 is 1.87 bits per heavy atom. The van der Waals surface area contributed by atoms with Gasteiger partial charge in [-0.25, -0.2) is 4.98 Å². The van der Waals surface area contributed by atoms with Crippen LogP contribution >= 0.6 is 0 Å². The van der Waals surface area contributed by atoms with Crippen molar-refractivity contribution in [2.75, 3.05) is 10.6 Å². The van der Waals surface area contributed by atoms with Crippen molar-refractivity contribution in [2.45, 2.75) is 44.6 Å². The molecule has 2 heterocycles. The summed E-state index contributed by atoms with van der Waals surface area (Å²) in [6, 6.07) is 7.80. The third kappa shape index (κ3) is 4.52. The van der Waals surface area contributed by atoms with Crippen LogP contribution in [0.1, 0.15) is 48.9 Å². The molecule has 3 rings (SSSR count). The number of hydrogen-bond donors (Lipinski definition) is 2. The topological polar surface area (TPSA) is 66.9 Å². The summed E-state index contributed by atoms with van der Waals surface area (Å²) in [7, 11) is 0. The zero-order valence-electron chi connectivity index (χ0n) is 13.2. The minimum absolute atomic E-state index is 0.199. The van der Waals surface area contributed by atoms with E-state index in [1.165, 1.54) is 44.7 Å². The summed E-state index contributed by atoms with van der Waals surface area (Å²) in [4.78, 5) is 20.3. The summed E-state index contributed by atoms with van der Waals surface area (Å²) >= 11 is 0. The second kappa shape index (κ2) is 7.72. The summed E-state index contributed by atoms with van der Waals surface area (Å²) < 4.78 is 0. The van der Waals surface area contributed by atoms with Gasteiger partial charge in [-0.1, -0.05) is 25.7 Å². The highest BCUT2D eigenvalue weighted by atomic mass is 16.1. The fourth-order valence-corrected chi connectivity index (χ4v) is 2.90. The molecule has 2 aromatic rings. The third-order valence-corrected chi connectivity index (χ3v) is 4.15. The predicted molar refractivity (Wildman–Crippen MR) is 91.5 cm³/mol. The Morgan fingerprint density at radius 3 is 2.52 bits per heavy atom. The van der Waals surface area contributed by atoms with E-state index in [4.69, 9.17) is 0 Å². The van der Waals surface area contributed by atoms with Gasteiger partial charge in [0.1, 0.15) is 5.82 Å². The summed E-state index contributed by atoms with van der Waals surface area (Å²) in [5, 5.41) is 6.33. The first-order valence-corrected chi connectivity index (χ1v) is 8.25. The smallest absolute Gasteiger partial charge is 0.258 e. The molecule has 1 fully saturated rings. The lowest BCUT2D eigenvalue weighted by Crippen LogP contribution is -2.18. The molecule has 1 aliphatic carbocycles. The van der Waals surface area contributed by atoms with Crippen molar-refractivity contribution in [3.63, 3.8) is 0 Å². The second-order valence-electron chi connectivity index (χ2n) is 5.96. The number of hydrogen-bond acceptors (Lipinski definition) is 4. The molecule has 5 nitrogen and oxygen atoms in total. The summed E-state index contributed by atoms with van der Waals surface area (Å²) in [5.41, 5.74) is 1.53. The third-order valence-electron chi connectivity index (χ3n) is 4.15. The molecule has 0 aliphatic heterocycles. The van der Waals surface area contributed by atoms with Gasteiger partial charge >= 0.3 is 0 Å². The Bertz CT molecular complexity index is 619. The molecule has 0 bridgehead atoms. The number of amides is 1. The van der Waals surface area contributed by atoms with Crippen LogP contribution in [0.2, 0.25) is 0 Å². The van der Waals surface area contributed by atoms with Gasteiger partial charge in [-0.15, -0.1) is 0 Å². The Kier molecular flexibility index (Phi) is 5.19. The molecule has 2 N–H and O–H groups in total. The fourth-order valence-electron chi connectivity index (χ4n) is 2.90. The number of carbonyl (C=O) groups excluding carboxylic acids is 1. The average Bonchev–Trinajstić information content (AvgIpc) is 2.86. The summed E-state index contributed by atoms with van der Waals surface area (Å²) in [5.74, 6) is 0.348. The molecule has 1 aliphatic rings. The highest BCUT2D eigenvalue weighted by Crippen LogP contribution is 2.21. The van der Waals surface area contributed by atoms with E-state index in [0.29, 0.717) is 17.4 Å². The Labute approximate surface area is 136 Å². The van der Waals surface area contributed by atoms with Gasteiger partial charge in [0.25, 0.3) is 5.91 Å². The lowest BCUT2D eigenvalue weighted by atomic mass is 10.1. The zero-order valence-corrected chi connectivity index (χ0v) is 13.2. The van der Waals surface area contributed by atoms with Crippen LogP contribution in [0.3, 0.4) is 0 Å². The lowest BCUT2D eigenvalue weighted by Gasteiger charge is -2.17. The number of nitrogens with zero attached hydrogens (tertiary/aromatic N) is 2. The van der Waals surface area contributed by atoms with Crippen LogP contribution in [0, 0.1) is 0 Å². The number of nitrogens with one attached hydrogen (secondary N) is 2. The van der Waals surface area contributed by atoms with Crippen molar-refractivity contribution in [1.29, 1.82) is 0 Å². The van der Waals surface area contributed by atoms with Crippen LogP contribution in [0.25, 0.3) is 0 Å². The SMILES string of the molecule is O=C(Nc1ccc(NC2CCCCCC2)cn1)c1cccnc1. The molecule has 2 aromatic heterocycles. The first-order valence-electron chi connectivity index (χ1n) is 8.25. The molecule has 5 heteroatoms. The number of aromatic nitrogens is 2.